The van der Waals surface area contributed by atoms with E-state index in [2.05, 4.69) is 62.6 Å². The predicted molar refractivity (Wildman–Crippen MR) is 164 cm³/mol. The second-order valence-corrected chi connectivity index (χ2v) is 15.9. The average Bonchev–Trinajstić information content (AvgIpc) is 2.98. The fourth-order valence-corrected chi connectivity index (χ4v) is 5.32. The van der Waals surface area contributed by atoms with E-state index in [9.17, 15) is 14.7 Å². The number of benzene rings is 2. The smallest absolute Gasteiger partial charge is 0.312 e. The van der Waals surface area contributed by atoms with Gasteiger partial charge in [-0.1, -0.05) is 52.3 Å². The first-order valence-electron chi connectivity index (χ1n) is 13.6. The second kappa shape index (κ2) is 16.3. The van der Waals surface area contributed by atoms with Crippen LogP contribution in [0, 0.1) is 5.41 Å². The molecule has 0 radical (unpaired) electrons. The maximum Gasteiger partial charge on any atom is 0.312 e. The van der Waals surface area contributed by atoms with Gasteiger partial charge in [-0.25, -0.2) is 14.8 Å². The number of hydrogen-bond donors (Lipinski definition) is 4. The van der Waals surface area contributed by atoms with Gasteiger partial charge < -0.3 is 26.0 Å². The number of phenolic OH excluding ortho intramolecular Hbond substituents is 2. The lowest BCUT2D eigenvalue weighted by molar-refractivity contribution is -0.128. The standard InChI is InChI=1S/C13H16O.C9H12N2O2.C6H14O2S.C3H8/c1-8-10-4-3-9(14)7-11(10)12-5-6-13(8,12)2;10-9(13)11-6-5-7-1-3-8(12)4-2-7;1-9(2,3)5-4-8-6-7;1-3-2/h3-4,7-8,12,14H,5-6H2,1-2H3;1-4,12H,5-6H2,(H3,10,11,13);6H,4-5H2,1-3H3;3H2,1-2H3. The molecule has 220 valence electrons. The molecule has 2 aromatic rings. The number of rotatable bonds is 7. The molecular weight excluding hydrogens is 512 g/mol. The van der Waals surface area contributed by atoms with Gasteiger partial charge in [-0.3, -0.25) is 4.79 Å². The molecule has 2 aliphatic carbocycles. The van der Waals surface area contributed by atoms with E-state index >= 15 is 0 Å². The normalized spacial score (nSPS) is 20.5. The molecular formula is C31H50N2O5S. The highest BCUT2D eigenvalue weighted by Crippen LogP contribution is 2.66. The Morgan fingerprint density at radius 1 is 1.10 bits per heavy atom. The van der Waals surface area contributed by atoms with Crippen molar-refractivity contribution in [2.75, 3.05) is 37.7 Å². The number of phenols is 2. The maximum atomic E-state index is 10.3. The number of hydrogen-bond acceptors (Lipinski definition) is 5. The van der Waals surface area contributed by atoms with E-state index in [1.54, 1.807) is 24.3 Å². The van der Waals surface area contributed by atoms with Crippen molar-refractivity contribution in [2.45, 2.75) is 65.2 Å². The molecule has 5 N–H and O–H groups in total. The maximum absolute atomic E-state index is 10.3. The summed E-state index contributed by atoms with van der Waals surface area (Å²) in [5.74, 6) is 3.04. The monoisotopic (exact) mass is 562 g/mol. The number of aromatic hydroxyl groups is 2. The van der Waals surface area contributed by atoms with Crippen LogP contribution in [0.2, 0.25) is 0 Å². The minimum Gasteiger partial charge on any atom is -0.508 e. The van der Waals surface area contributed by atoms with Gasteiger partial charge >= 0.3 is 6.03 Å². The quantitative estimate of drug-likeness (QED) is 0.234. The molecule has 0 aromatic heterocycles. The van der Waals surface area contributed by atoms with Gasteiger partial charge in [0, 0.05) is 12.3 Å². The topological polar surface area (TPSA) is 122 Å². The van der Waals surface area contributed by atoms with Crippen molar-refractivity contribution in [1.82, 2.24) is 5.32 Å². The summed E-state index contributed by atoms with van der Waals surface area (Å²) in [5, 5.41) is 21.0. The lowest BCUT2D eigenvalue weighted by atomic mass is 9.59. The zero-order chi connectivity index (χ0) is 29.6. The average molecular weight is 563 g/mol. The van der Waals surface area contributed by atoms with Gasteiger partial charge in [0.05, 0.1) is 6.61 Å². The molecule has 0 aliphatic heterocycles. The van der Waals surface area contributed by atoms with Crippen LogP contribution in [-0.4, -0.2) is 60.4 Å². The van der Waals surface area contributed by atoms with E-state index in [1.807, 2.05) is 12.1 Å². The van der Waals surface area contributed by atoms with E-state index in [0.717, 1.165) is 11.3 Å². The number of amides is 2. The second-order valence-electron chi connectivity index (χ2n) is 11.3. The van der Waals surface area contributed by atoms with Gasteiger partial charge in [0.25, 0.3) is 6.47 Å². The van der Waals surface area contributed by atoms with Crippen LogP contribution in [0.15, 0.2) is 42.5 Å². The summed E-state index contributed by atoms with van der Waals surface area (Å²) < 4.78 is 4.55. The van der Waals surface area contributed by atoms with Crippen molar-refractivity contribution in [3.05, 3.63) is 59.2 Å². The first kappa shape index (κ1) is 34.2. The Hall–Kier alpha value is -2.87. The van der Waals surface area contributed by atoms with Crippen LogP contribution in [0.4, 0.5) is 4.79 Å². The lowest BCUT2D eigenvalue weighted by Gasteiger charge is -2.45. The zero-order valence-corrected chi connectivity index (χ0v) is 25.6. The summed E-state index contributed by atoms with van der Waals surface area (Å²) in [4.78, 5) is 20.0. The van der Waals surface area contributed by atoms with Crippen LogP contribution in [0.1, 0.15) is 75.5 Å². The van der Waals surface area contributed by atoms with E-state index < -0.39 is 16.1 Å². The van der Waals surface area contributed by atoms with Crippen LogP contribution >= 0.6 is 10.0 Å². The van der Waals surface area contributed by atoms with E-state index in [1.165, 1.54) is 30.4 Å². The molecule has 2 aliphatic rings. The fourth-order valence-electron chi connectivity index (χ4n) is 4.73. The molecule has 1 fully saturated rings. The Bertz CT molecular complexity index is 1020. The van der Waals surface area contributed by atoms with Crippen LogP contribution < -0.4 is 11.1 Å². The van der Waals surface area contributed by atoms with Gasteiger partial charge in [-0.2, -0.15) is 0 Å². The largest absolute Gasteiger partial charge is 0.508 e. The lowest BCUT2D eigenvalue weighted by Crippen LogP contribution is -2.34. The highest BCUT2D eigenvalue weighted by Gasteiger charge is 2.53. The Morgan fingerprint density at radius 3 is 2.18 bits per heavy atom. The number of nitrogens with one attached hydrogen (secondary N) is 1. The third-order valence-corrected chi connectivity index (χ3v) is 8.59. The number of ether oxygens (including phenoxy) is 1. The van der Waals surface area contributed by atoms with Crippen LogP contribution in [0.5, 0.6) is 11.5 Å². The van der Waals surface area contributed by atoms with Gasteiger partial charge in [0.1, 0.15) is 11.5 Å². The van der Waals surface area contributed by atoms with Crippen molar-refractivity contribution >= 4 is 22.5 Å². The summed E-state index contributed by atoms with van der Waals surface area (Å²) in [6.07, 6.45) is 11.2. The summed E-state index contributed by atoms with van der Waals surface area (Å²) in [6, 6.07) is 12.2. The molecule has 0 heterocycles. The molecule has 2 aromatic carbocycles. The van der Waals surface area contributed by atoms with Crippen molar-refractivity contribution in [3.63, 3.8) is 0 Å². The van der Waals surface area contributed by atoms with Crippen molar-refractivity contribution in [3.8, 4) is 11.5 Å². The summed E-state index contributed by atoms with van der Waals surface area (Å²) >= 11 is 0. The number of primary amides is 1. The van der Waals surface area contributed by atoms with Crippen molar-refractivity contribution < 1.29 is 24.5 Å². The minimum atomic E-state index is -0.515. The van der Waals surface area contributed by atoms with Gasteiger partial charge in [0.15, 0.2) is 0 Å². The molecule has 8 heteroatoms. The highest BCUT2D eigenvalue weighted by molar-refractivity contribution is 8.32. The Balaban J connectivity index is 0.000000285. The van der Waals surface area contributed by atoms with Gasteiger partial charge in [0.2, 0.25) is 0 Å². The predicted octanol–water partition coefficient (Wildman–Crippen LogP) is 6.27. The van der Waals surface area contributed by atoms with Crippen LogP contribution in [-0.2, 0) is 16.0 Å². The molecule has 3 unspecified atom stereocenters. The summed E-state index contributed by atoms with van der Waals surface area (Å²) in [6.45, 7) is 10.6. The molecule has 1 saturated carbocycles. The number of fused-ring (bicyclic) bond motifs is 3. The molecule has 0 bridgehead atoms. The zero-order valence-electron chi connectivity index (χ0n) is 24.8. The Kier molecular flexibility index (Phi) is 14.3. The molecule has 0 saturated heterocycles. The number of urea groups is 1. The third-order valence-electron chi connectivity index (χ3n) is 7.20. The Morgan fingerprint density at radius 2 is 1.69 bits per heavy atom. The molecule has 39 heavy (non-hydrogen) atoms. The van der Waals surface area contributed by atoms with Gasteiger partial charge in [-0.05, 0) is 96.2 Å². The minimum absolute atomic E-state index is 0.242. The van der Waals surface area contributed by atoms with E-state index in [0.29, 0.717) is 49.0 Å². The van der Waals surface area contributed by atoms with Crippen LogP contribution in [0.25, 0.3) is 0 Å². The Labute approximate surface area is 236 Å². The molecule has 2 amide bonds. The van der Waals surface area contributed by atoms with Crippen molar-refractivity contribution in [1.29, 1.82) is 0 Å². The number of nitrogens with two attached hydrogens (primary N) is 1. The van der Waals surface area contributed by atoms with Crippen molar-refractivity contribution in [2.24, 2.45) is 11.1 Å². The van der Waals surface area contributed by atoms with E-state index in [-0.39, 0.29) is 5.75 Å². The highest BCUT2D eigenvalue weighted by atomic mass is 32.3. The first-order valence-corrected chi connectivity index (χ1v) is 16.7. The molecule has 0 spiro atoms. The SMILES string of the molecule is CC1c2ccc(O)cc2C2CCC12C.CCC.CS(C)(C)CCOC=O.NC(=O)NCCc1ccc(O)cc1. The fraction of sp³-hybridized carbons (Fsp3) is 0.548. The third kappa shape index (κ3) is 11.4. The molecule has 4 rings (SSSR count). The number of carbonyl (C=O) groups excluding carboxylic acids is 2. The van der Waals surface area contributed by atoms with Crippen LogP contribution in [0.3, 0.4) is 0 Å². The number of carbonyl (C=O) groups is 2. The molecule has 7 nitrogen and oxygen atoms in total. The molecule has 3 atom stereocenters. The first-order chi connectivity index (χ1) is 18.3. The summed E-state index contributed by atoms with van der Waals surface area (Å²) in [5.41, 5.74) is 9.29. The summed E-state index contributed by atoms with van der Waals surface area (Å²) in [7, 11) is -0.480. The van der Waals surface area contributed by atoms with E-state index in [4.69, 9.17) is 10.8 Å². The van der Waals surface area contributed by atoms with Gasteiger partial charge in [-0.15, -0.1) is 0 Å².